The first-order valence-corrected chi connectivity index (χ1v) is 8.35. The molecule has 19 heavy (non-hydrogen) atoms. The average Bonchev–Trinajstić information content (AvgIpc) is 2.92. The normalized spacial score (nSPS) is 20.4. The highest BCUT2D eigenvalue weighted by atomic mass is 32.2. The Morgan fingerprint density at radius 3 is 3.16 bits per heavy atom. The molecule has 1 aliphatic heterocycles. The maximum Gasteiger partial charge on any atom is 0.236 e. The molecule has 1 saturated heterocycles. The third-order valence-electron chi connectivity index (χ3n) is 3.06. The SMILES string of the molecule is CSCC[C@@H](N)C(=O)NCCCOCC1CCCO1. The Labute approximate surface area is 120 Å². The Morgan fingerprint density at radius 1 is 1.63 bits per heavy atom. The Morgan fingerprint density at radius 2 is 2.47 bits per heavy atom. The Kier molecular flexibility index (Phi) is 9.24. The van der Waals surface area contributed by atoms with Gasteiger partial charge in [-0.15, -0.1) is 0 Å². The molecule has 0 spiro atoms. The van der Waals surface area contributed by atoms with Crippen LogP contribution in [0.4, 0.5) is 0 Å². The third kappa shape index (κ3) is 7.77. The van der Waals surface area contributed by atoms with Crippen molar-refractivity contribution in [2.45, 2.75) is 37.8 Å². The van der Waals surface area contributed by atoms with Crippen LogP contribution in [0, 0.1) is 0 Å². The number of nitrogens with one attached hydrogen (secondary N) is 1. The molecule has 1 rings (SSSR count). The molecular formula is C13H26N2O3S. The zero-order valence-corrected chi connectivity index (χ0v) is 12.5. The van der Waals surface area contributed by atoms with Crippen molar-refractivity contribution >= 4 is 17.7 Å². The fourth-order valence-corrected chi connectivity index (χ4v) is 2.37. The zero-order valence-electron chi connectivity index (χ0n) is 11.7. The molecule has 0 aromatic rings. The molecule has 6 heteroatoms. The molecule has 1 aliphatic rings. The molecular weight excluding hydrogens is 264 g/mol. The number of thioether (sulfide) groups is 1. The molecule has 0 aromatic heterocycles. The van der Waals surface area contributed by atoms with Crippen LogP contribution in [-0.2, 0) is 14.3 Å². The first-order chi connectivity index (χ1) is 9.24. The van der Waals surface area contributed by atoms with Gasteiger partial charge in [0.1, 0.15) is 0 Å². The van der Waals surface area contributed by atoms with Gasteiger partial charge in [-0.25, -0.2) is 0 Å². The highest BCUT2D eigenvalue weighted by Crippen LogP contribution is 2.11. The molecule has 1 fully saturated rings. The number of hydrogen-bond donors (Lipinski definition) is 2. The summed E-state index contributed by atoms with van der Waals surface area (Å²) in [5, 5.41) is 2.84. The minimum atomic E-state index is -0.389. The molecule has 1 amide bonds. The van der Waals surface area contributed by atoms with Gasteiger partial charge in [0, 0.05) is 19.8 Å². The Bertz CT molecular complexity index is 248. The summed E-state index contributed by atoms with van der Waals surface area (Å²) in [6, 6.07) is -0.389. The van der Waals surface area contributed by atoms with Crippen LogP contribution >= 0.6 is 11.8 Å². The monoisotopic (exact) mass is 290 g/mol. The molecule has 0 radical (unpaired) electrons. The van der Waals surface area contributed by atoms with E-state index in [0.29, 0.717) is 19.8 Å². The number of carbonyl (C=O) groups is 1. The van der Waals surface area contributed by atoms with Crippen molar-refractivity contribution in [1.29, 1.82) is 0 Å². The van der Waals surface area contributed by atoms with Crippen LogP contribution in [0.25, 0.3) is 0 Å². The largest absolute Gasteiger partial charge is 0.379 e. The highest BCUT2D eigenvalue weighted by molar-refractivity contribution is 7.98. The van der Waals surface area contributed by atoms with Gasteiger partial charge in [-0.2, -0.15) is 11.8 Å². The maximum absolute atomic E-state index is 11.6. The standard InChI is InChI=1S/C13H26N2O3S/c1-19-9-5-12(14)13(16)15-6-3-7-17-10-11-4-2-8-18-11/h11-12H,2-10,14H2,1H3,(H,15,16)/t11?,12-/m1/s1. The van der Waals surface area contributed by atoms with E-state index in [2.05, 4.69) is 5.32 Å². The van der Waals surface area contributed by atoms with Crippen LogP contribution in [0.3, 0.4) is 0 Å². The molecule has 0 aromatic carbocycles. The smallest absolute Gasteiger partial charge is 0.236 e. The molecule has 0 saturated carbocycles. The van der Waals surface area contributed by atoms with Crippen molar-refractivity contribution < 1.29 is 14.3 Å². The van der Waals surface area contributed by atoms with Gasteiger partial charge in [-0.05, 0) is 37.7 Å². The Hall–Kier alpha value is -0.300. The van der Waals surface area contributed by atoms with E-state index in [1.165, 1.54) is 0 Å². The number of nitrogens with two attached hydrogens (primary N) is 1. The van der Waals surface area contributed by atoms with Gasteiger partial charge < -0.3 is 20.5 Å². The summed E-state index contributed by atoms with van der Waals surface area (Å²) in [6.45, 7) is 2.80. The summed E-state index contributed by atoms with van der Waals surface area (Å²) in [5.74, 6) is 0.854. The predicted molar refractivity (Wildman–Crippen MR) is 78.4 cm³/mol. The summed E-state index contributed by atoms with van der Waals surface area (Å²) in [6.07, 6.45) is 6.06. The second-order valence-electron chi connectivity index (χ2n) is 4.74. The lowest BCUT2D eigenvalue weighted by Gasteiger charge is -2.12. The fraction of sp³-hybridized carbons (Fsp3) is 0.923. The van der Waals surface area contributed by atoms with Crippen LogP contribution < -0.4 is 11.1 Å². The predicted octanol–water partition coefficient (Wildman–Crippen LogP) is 0.769. The maximum atomic E-state index is 11.6. The topological polar surface area (TPSA) is 73.6 Å². The lowest BCUT2D eigenvalue weighted by atomic mass is 10.2. The number of ether oxygens (including phenoxy) is 2. The lowest BCUT2D eigenvalue weighted by molar-refractivity contribution is -0.122. The van der Waals surface area contributed by atoms with Crippen LogP contribution in [0.1, 0.15) is 25.7 Å². The van der Waals surface area contributed by atoms with E-state index in [1.807, 2.05) is 6.26 Å². The van der Waals surface area contributed by atoms with Gasteiger partial charge in [0.2, 0.25) is 5.91 Å². The number of hydrogen-bond acceptors (Lipinski definition) is 5. The van der Waals surface area contributed by atoms with E-state index in [9.17, 15) is 4.79 Å². The first kappa shape index (κ1) is 16.8. The van der Waals surface area contributed by atoms with E-state index in [0.717, 1.165) is 38.0 Å². The number of rotatable bonds is 10. The molecule has 3 N–H and O–H groups in total. The van der Waals surface area contributed by atoms with Crippen molar-refractivity contribution in [3.05, 3.63) is 0 Å². The van der Waals surface area contributed by atoms with Gasteiger partial charge in [0.05, 0.1) is 18.8 Å². The summed E-state index contributed by atoms with van der Waals surface area (Å²) in [4.78, 5) is 11.6. The van der Waals surface area contributed by atoms with Crippen molar-refractivity contribution in [3.8, 4) is 0 Å². The zero-order chi connectivity index (χ0) is 13.9. The molecule has 1 unspecified atom stereocenters. The molecule has 1 heterocycles. The summed E-state index contributed by atoms with van der Waals surface area (Å²) < 4.78 is 11.0. The van der Waals surface area contributed by atoms with Crippen LogP contribution in [-0.4, -0.2) is 56.4 Å². The first-order valence-electron chi connectivity index (χ1n) is 6.95. The van der Waals surface area contributed by atoms with E-state index in [1.54, 1.807) is 11.8 Å². The van der Waals surface area contributed by atoms with Crippen LogP contribution in [0.15, 0.2) is 0 Å². The van der Waals surface area contributed by atoms with E-state index in [4.69, 9.17) is 15.2 Å². The minimum absolute atomic E-state index is 0.0619. The van der Waals surface area contributed by atoms with E-state index in [-0.39, 0.29) is 18.1 Å². The van der Waals surface area contributed by atoms with Gasteiger partial charge >= 0.3 is 0 Å². The molecule has 112 valence electrons. The Balaban J connectivity index is 1.90. The van der Waals surface area contributed by atoms with Crippen molar-refractivity contribution in [1.82, 2.24) is 5.32 Å². The second-order valence-corrected chi connectivity index (χ2v) is 5.73. The van der Waals surface area contributed by atoms with Crippen molar-refractivity contribution in [2.24, 2.45) is 5.73 Å². The lowest BCUT2D eigenvalue weighted by Crippen LogP contribution is -2.41. The minimum Gasteiger partial charge on any atom is -0.379 e. The quantitative estimate of drug-likeness (QED) is 0.581. The van der Waals surface area contributed by atoms with E-state index < -0.39 is 0 Å². The van der Waals surface area contributed by atoms with Crippen molar-refractivity contribution in [2.75, 3.05) is 38.4 Å². The molecule has 0 bridgehead atoms. The van der Waals surface area contributed by atoms with Gasteiger partial charge in [0.15, 0.2) is 0 Å². The summed E-state index contributed by atoms with van der Waals surface area (Å²) in [7, 11) is 0. The van der Waals surface area contributed by atoms with Gasteiger partial charge in [-0.3, -0.25) is 4.79 Å². The molecule has 5 nitrogen and oxygen atoms in total. The summed E-state index contributed by atoms with van der Waals surface area (Å²) in [5.41, 5.74) is 5.75. The van der Waals surface area contributed by atoms with Gasteiger partial charge in [0.25, 0.3) is 0 Å². The van der Waals surface area contributed by atoms with Crippen molar-refractivity contribution in [3.63, 3.8) is 0 Å². The second kappa shape index (κ2) is 10.5. The summed E-state index contributed by atoms with van der Waals surface area (Å²) >= 11 is 1.70. The number of amides is 1. The molecule has 0 aliphatic carbocycles. The van der Waals surface area contributed by atoms with Gasteiger partial charge in [-0.1, -0.05) is 0 Å². The molecule has 2 atom stereocenters. The fourth-order valence-electron chi connectivity index (χ4n) is 1.88. The number of carbonyl (C=O) groups excluding carboxylic acids is 1. The van der Waals surface area contributed by atoms with Crippen LogP contribution in [0.2, 0.25) is 0 Å². The van der Waals surface area contributed by atoms with Crippen LogP contribution in [0.5, 0.6) is 0 Å². The third-order valence-corrected chi connectivity index (χ3v) is 3.71. The average molecular weight is 290 g/mol. The van der Waals surface area contributed by atoms with E-state index >= 15 is 0 Å². The highest BCUT2D eigenvalue weighted by Gasteiger charge is 2.15.